The standard InChI is InChI=1S/C16H25N3OS/c1-2-13-16(20)19(11-6-10-18-8-3-4-9-18)15(17-13)14-7-5-12-21-14/h5,7,12-13,15,17H,2-4,6,8-11H2,1H3. The molecule has 0 aliphatic carbocycles. The molecule has 3 rings (SSSR count). The van der Waals surface area contributed by atoms with Crippen molar-refractivity contribution in [3.8, 4) is 0 Å². The summed E-state index contributed by atoms with van der Waals surface area (Å²) < 4.78 is 0. The van der Waals surface area contributed by atoms with E-state index in [0.29, 0.717) is 0 Å². The minimum Gasteiger partial charge on any atom is -0.321 e. The molecule has 0 spiro atoms. The Bertz CT molecular complexity index is 456. The highest BCUT2D eigenvalue weighted by Crippen LogP contribution is 2.29. The summed E-state index contributed by atoms with van der Waals surface area (Å²) >= 11 is 1.73. The maximum absolute atomic E-state index is 12.5. The minimum absolute atomic E-state index is 0.0103. The molecule has 4 nitrogen and oxygen atoms in total. The topological polar surface area (TPSA) is 35.6 Å². The molecule has 1 N–H and O–H groups in total. The monoisotopic (exact) mass is 307 g/mol. The summed E-state index contributed by atoms with van der Waals surface area (Å²) in [4.78, 5) is 18.3. The molecule has 21 heavy (non-hydrogen) atoms. The van der Waals surface area contributed by atoms with Gasteiger partial charge in [-0.3, -0.25) is 10.1 Å². The van der Waals surface area contributed by atoms with Gasteiger partial charge in [-0.25, -0.2) is 0 Å². The van der Waals surface area contributed by atoms with E-state index >= 15 is 0 Å². The summed E-state index contributed by atoms with van der Waals surface area (Å²) in [7, 11) is 0. The van der Waals surface area contributed by atoms with Gasteiger partial charge < -0.3 is 9.80 Å². The predicted octanol–water partition coefficient (Wildman–Crippen LogP) is 2.44. The SMILES string of the molecule is CCC1NC(c2cccs2)N(CCCN2CCCC2)C1=O. The van der Waals surface area contributed by atoms with Crippen molar-refractivity contribution in [3.63, 3.8) is 0 Å². The smallest absolute Gasteiger partial charge is 0.241 e. The van der Waals surface area contributed by atoms with E-state index in [-0.39, 0.29) is 18.1 Å². The highest BCUT2D eigenvalue weighted by atomic mass is 32.1. The van der Waals surface area contributed by atoms with Crippen molar-refractivity contribution in [2.24, 2.45) is 0 Å². The first-order valence-electron chi connectivity index (χ1n) is 8.12. The number of amides is 1. The zero-order valence-electron chi connectivity index (χ0n) is 12.8. The number of carbonyl (C=O) groups excluding carboxylic acids is 1. The maximum Gasteiger partial charge on any atom is 0.241 e. The lowest BCUT2D eigenvalue weighted by atomic mass is 10.2. The number of thiophene rings is 1. The number of hydrogen-bond acceptors (Lipinski definition) is 4. The number of carbonyl (C=O) groups is 1. The highest BCUT2D eigenvalue weighted by Gasteiger charge is 2.38. The molecule has 0 bridgehead atoms. The van der Waals surface area contributed by atoms with Crippen molar-refractivity contribution >= 4 is 17.2 Å². The van der Waals surface area contributed by atoms with Gasteiger partial charge in [0.2, 0.25) is 5.91 Å². The molecule has 0 saturated carbocycles. The lowest BCUT2D eigenvalue weighted by molar-refractivity contribution is -0.130. The van der Waals surface area contributed by atoms with Crippen LogP contribution >= 0.6 is 11.3 Å². The van der Waals surface area contributed by atoms with Crippen LogP contribution in [0.25, 0.3) is 0 Å². The summed E-state index contributed by atoms with van der Waals surface area (Å²) in [5.74, 6) is 0.275. The first-order valence-corrected chi connectivity index (χ1v) is 9.00. The summed E-state index contributed by atoms with van der Waals surface area (Å²) in [6.45, 7) is 6.53. The fourth-order valence-electron chi connectivity index (χ4n) is 3.36. The van der Waals surface area contributed by atoms with Crippen LogP contribution in [0.3, 0.4) is 0 Å². The molecular weight excluding hydrogens is 282 g/mol. The Balaban J connectivity index is 1.60. The van der Waals surface area contributed by atoms with E-state index in [1.807, 2.05) is 0 Å². The Morgan fingerprint density at radius 2 is 2.14 bits per heavy atom. The van der Waals surface area contributed by atoms with Crippen LogP contribution in [-0.4, -0.2) is 47.9 Å². The summed E-state index contributed by atoms with van der Waals surface area (Å²) in [6.07, 6.45) is 4.69. The van der Waals surface area contributed by atoms with Crippen LogP contribution in [0, 0.1) is 0 Å². The fraction of sp³-hybridized carbons (Fsp3) is 0.688. The predicted molar refractivity (Wildman–Crippen MR) is 86.3 cm³/mol. The van der Waals surface area contributed by atoms with Gasteiger partial charge in [-0.2, -0.15) is 0 Å². The zero-order chi connectivity index (χ0) is 14.7. The first kappa shape index (κ1) is 15.0. The van der Waals surface area contributed by atoms with Crippen LogP contribution in [0.4, 0.5) is 0 Å². The van der Waals surface area contributed by atoms with Crippen LogP contribution in [-0.2, 0) is 4.79 Å². The Hall–Kier alpha value is -0.910. The average molecular weight is 307 g/mol. The van der Waals surface area contributed by atoms with Gasteiger partial charge in [0.15, 0.2) is 0 Å². The Labute approximate surface area is 131 Å². The minimum atomic E-state index is -0.0103. The number of rotatable bonds is 6. The van der Waals surface area contributed by atoms with Crippen molar-refractivity contribution in [1.29, 1.82) is 0 Å². The molecule has 0 aromatic carbocycles. The van der Waals surface area contributed by atoms with Crippen LogP contribution in [0.2, 0.25) is 0 Å². The highest BCUT2D eigenvalue weighted by molar-refractivity contribution is 7.10. The first-order chi connectivity index (χ1) is 10.3. The van der Waals surface area contributed by atoms with E-state index < -0.39 is 0 Å². The second-order valence-electron chi connectivity index (χ2n) is 5.98. The Morgan fingerprint density at radius 1 is 1.33 bits per heavy atom. The average Bonchev–Trinajstić information content (AvgIpc) is 3.21. The van der Waals surface area contributed by atoms with E-state index in [1.54, 1.807) is 11.3 Å². The second kappa shape index (κ2) is 6.90. The van der Waals surface area contributed by atoms with E-state index in [9.17, 15) is 4.79 Å². The molecule has 116 valence electrons. The largest absolute Gasteiger partial charge is 0.321 e. The van der Waals surface area contributed by atoms with E-state index in [1.165, 1.54) is 30.8 Å². The lowest BCUT2D eigenvalue weighted by Gasteiger charge is -2.24. The van der Waals surface area contributed by atoms with E-state index in [2.05, 4.69) is 39.6 Å². The van der Waals surface area contributed by atoms with Crippen molar-refractivity contribution in [3.05, 3.63) is 22.4 Å². The molecule has 1 aromatic heterocycles. The molecule has 2 aliphatic rings. The van der Waals surface area contributed by atoms with Crippen molar-refractivity contribution in [2.75, 3.05) is 26.2 Å². The summed E-state index contributed by atoms with van der Waals surface area (Å²) in [5.41, 5.74) is 0. The molecule has 5 heteroatoms. The Morgan fingerprint density at radius 3 is 2.81 bits per heavy atom. The molecule has 2 atom stereocenters. The molecule has 1 amide bonds. The fourth-order valence-corrected chi connectivity index (χ4v) is 4.16. The zero-order valence-corrected chi connectivity index (χ0v) is 13.6. The van der Waals surface area contributed by atoms with E-state index in [4.69, 9.17) is 0 Å². The molecule has 2 saturated heterocycles. The molecule has 2 unspecified atom stereocenters. The van der Waals surface area contributed by atoms with Crippen LogP contribution in [0.5, 0.6) is 0 Å². The van der Waals surface area contributed by atoms with Crippen LogP contribution in [0.15, 0.2) is 17.5 Å². The van der Waals surface area contributed by atoms with Gasteiger partial charge in [0, 0.05) is 11.4 Å². The van der Waals surface area contributed by atoms with E-state index in [0.717, 1.165) is 25.9 Å². The Kier molecular flexibility index (Phi) is 4.93. The van der Waals surface area contributed by atoms with Gasteiger partial charge in [-0.15, -0.1) is 11.3 Å². The summed E-state index contributed by atoms with van der Waals surface area (Å²) in [6, 6.07) is 4.18. The second-order valence-corrected chi connectivity index (χ2v) is 6.96. The number of nitrogens with one attached hydrogen (secondary N) is 1. The third kappa shape index (κ3) is 3.30. The van der Waals surface area contributed by atoms with Crippen LogP contribution < -0.4 is 5.32 Å². The third-order valence-corrected chi connectivity index (χ3v) is 5.47. The molecule has 1 aromatic rings. The van der Waals surface area contributed by atoms with Gasteiger partial charge >= 0.3 is 0 Å². The van der Waals surface area contributed by atoms with Crippen LogP contribution in [0.1, 0.15) is 43.6 Å². The molecular formula is C16H25N3OS. The van der Waals surface area contributed by atoms with Crippen molar-refractivity contribution in [1.82, 2.24) is 15.1 Å². The lowest BCUT2D eigenvalue weighted by Crippen LogP contribution is -2.33. The van der Waals surface area contributed by atoms with Gasteiger partial charge in [0.25, 0.3) is 0 Å². The molecule has 2 fully saturated rings. The molecule has 0 radical (unpaired) electrons. The maximum atomic E-state index is 12.5. The van der Waals surface area contributed by atoms with Gasteiger partial charge in [-0.1, -0.05) is 13.0 Å². The summed E-state index contributed by atoms with van der Waals surface area (Å²) in [5, 5.41) is 5.58. The van der Waals surface area contributed by atoms with Crippen molar-refractivity contribution < 1.29 is 4.79 Å². The molecule has 3 heterocycles. The third-order valence-electron chi connectivity index (χ3n) is 4.54. The molecule has 2 aliphatic heterocycles. The quantitative estimate of drug-likeness (QED) is 0.877. The van der Waals surface area contributed by atoms with Crippen molar-refractivity contribution in [2.45, 2.75) is 44.8 Å². The van der Waals surface area contributed by atoms with Gasteiger partial charge in [0.05, 0.1) is 6.04 Å². The normalized spacial score (nSPS) is 26.9. The van der Waals surface area contributed by atoms with Gasteiger partial charge in [0.1, 0.15) is 6.17 Å². The number of hydrogen-bond donors (Lipinski definition) is 1. The van der Waals surface area contributed by atoms with Gasteiger partial charge in [-0.05, 0) is 56.8 Å². The number of likely N-dealkylation sites (tertiary alicyclic amines) is 1. The number of nitrogens with zero attached hydrogens (tertiary/aromatic N) is 2.